The Kier molecular flexibility index (Phi) is 6.07. The highest BCUT2D eigenvalue weighted by atomic mass is 32.2. The zero-order valence-electron chi connectivity index (χ0n) is 13.6. The summed E-state index contributed by atoms with van der Waals surface area (Å²) in [7, 11) is -2.21. The highest BCUT2D eigenvalue weighted by molar-refractivity contribution is 7.89. The summed E-state index contributed by atoms with van der Waals surface area (Å²) < 4.78 is 27.6. The highest BCUT2D eigenvalue weighted by Gasteiger charge is 2.11. The fourth-order valence-electron chi connectivity index (χ4n) is 2.29. The number of primary sulfonamides is 1. The van der Waals surface area contributed by atoms with Gasteiger partial charge in [0.15, 0.2) is 0 Å². The Morgan fingerprint density at radius 1 is 1.20 bits per heavy atom. The smallest absolute Gasteiger partial charge is 0.273 e. The van der Waals surface area contributed by atoms with E-state index in [1.165, 1.54) is 31.4 Å². The Balaban J connectivity index is 1.90. The van der Waals surface area contributed by atoms with E-state index in [0.29, 0.717) is 25.3 Å². The van der Waals surface area contributed by atoms with Gasteiger partial charge >= 0.3 is 0 Å². The number of non-ortho nitro benzene ring substituents is 1. The van der Waals surface area contributed by atoms with E-state index in [2.05, 4.69) is 5.32 Å². The van der Waals surface area contributed by atoms with Crippen molar-refractivity contribution in [3.63, 3.8) is 0 Å². The molecule has 0 saturated heterocycles. The van der Waals surface area contributed by atoms with Gasteiger partial charge in [0.1, 0.15) is 5.75 Å². The molecular weight excluding hydrogens is 346 g/mol. The molecule has 3 N–H and O–H groups in total. The molecule has 0 saturated carbocycles. The first-order chi connectivity index (χ1) is 11.8. The fourth-order valence-corrected chi connectivity index (χ4v) is 2.81. The molecule has 0 aliphatic carbocycles. The van der Waals surface area contributed by atoms with Gasteiger partial charge in [-0.15, -0.1) is 0 Å². The maximum atomic E-state index is 11.2. The second-order valence-electron chi connectivity index (χ2n) is 5.37. The van der Waals surface area contributed by atoms with Crippen LogP contribution < -0.4 is 15.2 Å². The van der Waals surface area contributed by atoms with Crippen LogP contribution in [0.2, 0.25) is 0 Å². The fraction of sp³-hybridized carbons (Fsp3) is 0.250. The number of ether oxygens (including phenoxy) is 1. The molecule has 0 atom stereocenters. The number of nitrogens with zero attached hydrogens (tertiary/aromatic N) is 1. The van der Waals surface area contributed by atoms with E-state index in [1.54, 1.807) is 18.2 Å². The minimum Gasteiger partial charge on any atom is -0.496 e. The number of nitrogens with one attached hydrogen (secondary N) is 1. The normalized spacial score (nSPS) is 11.3. The summed E-state index contributed by atoms with van der Waals surface area (Å²) in [4.78, 5) is 10.4. The van der Waals surface area contributed by atoms with Gasteiger partial charge in [-0.3, -0.25) is 10.1 Å². The third-order valence-corrected chi connectivity index (χ3v) is 4.57. The Hall–Kier alpha value is -2.49. The summed E-state index contributed by atoms with van der Waals surface area (Å²) in [6, 6.07) is 10.9. The molecule has 0 aliphatic rings. The van der Waals surface area contributed by atoms with Crippen molar-refractivity contribution in [2.45, 2.75) is 17.9 Å². The molecule has 0 aliphatic heterocycles. The Labute approximate surface area is 145 Å². The van der Waals surface area contributed by atoms with Gasteiger partial charge in [0.25, 0.3) is 5.69 Å². The first-order valence-electron chi connectivity index (χ1n) is 7.45. The van der Waals surface area contributed by atoms with Gasteiger partial charge in [-0.25, -0.2) is 13.6 Å². The lowest BCUT2D eigenvalue weighted by Crippen LogP contribution is -2.17. The molecule has 0 bridgehead atoms. The van der Waals surface area contributed by atoms with Crippen LogP contribution in [0.25, 0.3) is 0 Å². The lowest BCUT2D eigenvalue weighted by molar-refractivity contribution is -0.384. The van der Waals surface area contributed by atoms with Gasteiger partial charge in [0.05, 0.1) is 23.0 Å². The molecular formula is C16H19N3O5S. The standard InChI is InChI=1S/C16H19N3O5S/c1-24-16-10-14(19(20)21)5-4-13(16)11-18-9-8-12-2-6-15(7-3-12)25(17,22)23/h2-7,10,18H,8-9,11H2,1H3,(H2,17,22,23). The van der Waals surface area contributed by atoms with Crippen LogP contribution >= 0.6 is 0 Å². The van der Waals surface area contributed by atoms with Gasteiger partial charge in [-0.1, -0.05) is 12.1 Å². The molecule has 0 aromatic heterocycles. The number of hydrogen-bond donors (Lipinski definition) is 2. The quantitative estimate of drug-likeness (QED) is 0.416. The molecule has 8 nitrogen and oxygen atoms in total. The lowest BCUT2D eigenvalue weighted by atomic mass is 10.1. The summed E-state index contributed by atoms with van der Waals surface area (Å²) in [5, 5.41) is 19.1. The maximum Gasteiger partial charge on any atom is 0.273 e. The van der Waals surface area contributed by atoms with Crippen LogP contribution in [0.1, 0.15) is 11.1 Å². The summed E-state index contributed by atoms with van der Waals surface area (Å²) >= 11 is 0. The van der Waals surface area contributed by atoms with E-state index in [9.17, 15) is 18.5 Å². The van der Waals surface area contributed by atoms with Gasteiger partial charge in [0, 0.05) is 18.2 Å². The Bertz CT molecular complexity index is 851. The molecule has 0 unspecified atom stereocenters. The largest absolute Gasteiger partial charge is 0.496 e. The van der Waals surface area contributed by atoms with E-state index in [0.717, 1.165) is 11.1 Å². The molecule has 0 fully saturated rings. The van der Waals surface area contributed by atoms with Gasteiger partial charge in [-0.05, 0) is 36.7 Å². The first kappa shape index (κ1) is 18.8. The summed E-state index contributed by atoms with van der Waals surface area (Å²) in [5.41, 5.74) is 1.77. The van der Waals surface area contributed by atoms with Gasteiger partial charge < -0.3 is 10.1 Å². The van der Waals surface area contributed by atoms with Crippen molar-refractivity contribution in [2.24, 2.45) is 5.14 Å². The Morgan fingerprint density at radius 3 is 2.44 bits per heavy atom. The molecule has 0 radical (unpaired) electrons. The van der Waals surface area contributed by atoms with E-state index in [1.807, 2.05) is 0 Å². The van der Waals surface area contributed by atoms with Crippen LogP contribution in [0, 0.1) is 10.1 Å². The maximum absolute atomic E-state index is 11.2. The Morgan fingerprint density at radius 2 is 1.88 bits per heavy atom. The van der Waals surface area contributed by atoms with Crippen LogP contribution in [0.5, 0.6) is 5.75 Å². The summed E-state index contributed by atoms with van der Waals surface area (Å²) in [5.74, 6) is 0.458. The lowest BCUT2D eigenvalue weighted by Gasteiger charge is -2.10. The minimum atomic E-state index is -3.68. The average molecular weight is 365 g/mol. The number of benzene rings is 2. The molecule has 2 rings (SSSR count). The van der Waals surface area contributed by atoms with Crippen LogP contribution in [0.15, 0.2) is 47.4 Å². The number of methoxy groups -OCH3 is 1. The van der Waals surface area contributed by atoms with E-state index in [-0.39, 0.29) is 10.6 Å². The molecule has 0 amide bonds. The van der Waals surface area contributed by atoms with Crippen molar-refractivity contribution in [3.8, 4) is 5.75 Å². The van der Waals surface area contributed by atoms with Crippen LogP contribution in [0.4, 0.5) is 5.69 Å². The van der Waals surface area contributed by atoms with Gasteiger partial charge in [-0.2, -0.15) is 0 Å². The van der Waals surface area contributed by atoms with Crippen molar-refractivity contribution in [1.82, 2.24) is 5.32 Å². The summed E-state index contributed by atoms with van der Waals surface area (Å²) in [6.45, 7) is 1.14. The number of hydrogen-bond acceptors (Lipinski definition) is 6. The number of nitro benzene ring substituents is 1. The third kappa shape index (κ3) is 5.24. The molecule has 0 heterocycles. The number of sulfonamides is 1. The summed E-state index contributed by atoms with van der Waals surface area (Å²) in [6.07, 6.45) is 0.695. The van der Waals surface area contributed by atoms with Crippen molar-refractivity contribution < 1.29 is 18.1 Å². The zero-order valence-corrected chi connectivity index (χ0v) is 14.5. The number of nitrogens with two attached hydrogens (primary N) is 1. The van der Waals surface area contributed by atoms with E-state index < -0.39 is 14.9 Å². The van der Waals surface area contributed by atoms with E-state index in [4.69, 9.17) is 9.88 Å². The van der Waals surface area contributed by atoms with Crippen LogP contribution in [0.3, 0.4) is 0 Å². The zero-order chi connectivity index (χ0) is 18.4. The van der Waals surface area contributed by atoms with Crippen LogP contribution in [-0.4, -0.2) is 27.0 Å². The second kappa shape index (κ2) is 8.06. The van der Waals surface area contributed by atoms with Crippen molar-refractivity contribution in [1.29, 1.82) is 0 Å². The van der Waals surface area contributed by atoms with Crippen LogP contribution in [-0.2, 0) is 23.0 Å². The first-order valence-corrected chi connectivity index (χ1v) is 8.99. The molecule has 2 aromatic carbocycles. The SMILES string of the molecule is COc1cc([N+](=O)[O-])ccc1CNCCc1ccc(S(N)(=O)=O)cc1. The topological polar surface area (TPSA) is 125 Å². The number of nitro groups is 1. The predicted molar refractivity (Wildman–Crippen MR) is 92.9 cm³/mol. The molecule has 0 spiro atoms. The van der Waals surface area contributed by atoms with Crippen molar-refractivity contribution in [2.75, 3.05) is 13.7 Å². The number of rotatable bonds is 8. The molecule has 134 valence electrons. The van der Waals surface area contributed by atoms with Crippen molar-refractivity contribution in [3.05, 3.63) is 63.7 Å². The minimum absolute atomic E-state index is 0.0180. The predicted octanol–water partition coefficient (Wildman–Crippen LogP) is 1.58. The van der Waals surface area contributed by atoms with Gasteiger partial charge in [0.2, 0.25) is 10.0 Å². The molecule has 9 heteroatoms. The van der Waals surface area contributed by atoms with Crippen molar-refractivity contribution >= 4 is 15.7 Å². The second-order valence-corrected chi connectivity index (χ2v) is 6.93. The average Bonchev–Trinajstić information content (AvgIpc) is 2.58. The van der Waals surface area contributed by atoms with E-state index >= 15 is 0 Å². The monoisotopic (exact) mass is 365 g/mol. The molecule has 2 aromatic rings. The third-order valence-electron chi connectivity index (χ3n) is 3.64. The molecule has 25 heavy (non-hydrogen) atoms. The highest BCUT2D eigenvalue weighted by Crippen LogP contribution is 2.24.